The Bertz CT molecular complexity index is 717. The highest BCUT2D eigenvalue weighted by Gasteiger charge is 2.07. The van der Waals surface area contributed by atoms with Gasteiger partial charge in [0.2, 0.25) is 0 Å². The van der Waals surface area contributed by atoms with E-state index in [-0.39, 0.29) is 12.5 Å². The molecule has 0 saturated heterocycles. The average Bonchev–Trinajstić information content (AvgIpc) is 2.61. The van der Waals surface area contributed by atoms with Crippen LogP contribution in [0.2, 0.25) is 5.02 Å². The Labute approximate surface area is 145 Å². The van der Waals surface area contributed by atoms with E-state index >= 15 is 0 Å². The van der Waals surface area contributed by atoms with Crippen molar-refractivity contribution in [3.63, 3.8) is 0 Å². The molecule has 0 aliphatic carbocycles. The van der Waals surface area contributed by atoms with Crippen LogP contribution in [0.3, 0.4) is 0 Å². The van der Waals surface area contributed by atoms with Crippen molar-refractivity contribution < 1.29 is 19.0 Å². The maximum absolute atomic E-state index is 11.7. The number of para-hydroxylation sites is 1. The van der Waals surface area contributed by atoms with Gasteiger partial charge in [-0.3, -0.25) is 4.79 Å². The van der Waals surface area contributed by atoms with E-state index in [4.69, 9.17) is 25.8 Å². The van der Waals surface area contributed by atoms with Gasteiger partial charge in [-0.15, -0.1) is 0 Å². The fourth-order valence-electron chi connectivity index (χ4n) is 1.90. The summed E-state index contributed by atoms with van der Waals surface area (Å²) in [6.45, 7) is -0.159. The van der Waals surface area contributed by atoms with Gasteiger partial charge in [0, 0.05) is 10.6 Å². The molecular weight excluding hydrogens is 332 g/mol. The summed E-state index contributed by atoms with van der Waals surface area (Å²) < 4.78 is 15.8. The predicted octanol–water partition coefficient (Wildman–Crippen LogP) is 2.89. The molecule has 1 N–H and O–H groups in total. The molecule has 0 spiro atoms. The van der Waals surface area contributed by atoms with Gasteiger partial charge in [-0.2, -0.15) is 5.10 Å². The van der Waals surface area contributed by atoms with Gasteiger partial charge in [0.15, 0.2) is 18.1 Å². The number of methoxy groups -OCH3 is 2. The van der Waals surface area contributed by atoms with Gasteiger partial charge in [-0.05, 0) is 36.4 Å². The summed E-state index contributed by atoms with van der Waals surface area (Å²) >= 11 is 5.77. The Morgan fingerprint density at radius 1 is 1.17 bits per heavy atom. The molecule has 0 aliphatic heterocycles. The summed E-state index contributed by atoms with van der Waals surface area (Å²) in [5.74, 6) is 1.28. The van der Waals surface area contributed by atoms with Crippen LogP contribution in [-0.4, -0.2) is 32.9 Å². The molecule has 0 fully saturated rings. The second-order valence-electron chi connectivity index (χ2n) is 4.62. The van der Waals surface area contributed by atoms with Gasteiger partial charge < -0.3 is 14.2 Å². The molecule has 7 heteroatoms. The average molecular weight is 349 g/mol. The zero-order valence-corrected chi connectivity index (χ0v) is 14.0. The smallest absolute Gasteiger partial charge is 0.277 e. The summed E-state index contributed by atoms with van der Waals surface area (Å²) in [4.78, 5) is 11.7. The van der Waals surface area contributed by atoms with Gasteiger partial charge in [-0.1, -0.05) is 17.7 Å². The highest BCUT2D eigenvalue weighted by molar-refractivity contribution is 6.30. The van der Waals surface area contributed by atoms with Gasteiger partial charge in [0.25, 0.3) is 5.91 Å². The van der Waals surface area contributed by atoms with Crippen LogP contribution in [0.15, 0.2) is 47.6 Å². The third-order valence-corrected chi connectivity index (χ3v) is 3.26. The number of halogens is 1. The Kier molecular flexibility index (Phi) is 6.45. The highest BCUT2D eigenvalue weighted by Crippen LogP contribution is 2.29. The van der Waals surface area contributed by atoms with Crippen molar-refractivity contribution in [3.8, 4) is 17.2 Å². The first-order chi connectivity index (χ1) is 11.6. The molecule has 1 amide bonds. The summed E-state index contributed by atoms with van der Waals surface area (Å²) in [7, 11) is 3.09. The lowest BCUT2D eigenvalue weighted by Crippen LogP contribution is -2.24. The van der Waals surface area contributed by atoms with Gasteiger partial charge in [0.05, 0.1) is 20.4 Å². The van der Waals surface area contributed by atoms with Crippen molar-refractivity contribution in [1.82, 2.24) is 5.43 Å². The number of hydrogen-bond acceptors (Lipinski definition) is 5. The van der Waals surface area contributed by atoms with Crippen LogP contribution in [0.1, 0.15) is 5.56 Å². The summed E-state index contributed by atoms with van der Waals surface area (Å²) in [5.41, 5.74) is 3.06. The maximum Gasteiger partial charge on any atom is 0.277 e. The van der Waals surface area contributed by atoms with Crippen LogP contribution in [0.4, 0.5) is 0 Å². The van der Waals surface area contributed by atoms with E-state index in [1.807, 2.05) is 0 Å². The van der Waals surface area contributed by atoms with Gasteiger partial charge in [0.1, 0.15) is 5.75 Å². The van der Waals surface area contributed by atoms with Gasteiger partial charge in [-0.25, -0.2) is 5.43 Å². The molecule has 2 aromatic carbocycles. The molecule has 0 bridgehead atoms. The Morgan fingerprint density at radius 2 is 1.92 bits per heavy atom. The van der Waals surface area contributed by atoms with E-state index in [9.17, 15) is 4.79 Å². The van der Waals surface area contributed by atoms with Crippen molar-refractivity contribution in [3.05, 3.63) is 53.1 Å². The minimum atomic E-state index is -0.386. The van der Waals surface area contributed by atoms with Crippen molar-refractivity contribution in [1.29, 1.82) is 0 Å². The Balaban J connectivity index is 1.89. The standard InChI is InChI=1S/C17H17ClN2O4/c1-22-15-5-3-4-12(17(15)23-2)10-19-20-16(21)11-24-14-8-6-13(18)7-9-14/h3-10H,11H2,1-2H3,(H,20,21). The van der Waals surface area contributed by atoms with Crippen LogP contribution >= 0.6 is 11.6 Å². The Hall–Kier alpha value is -2.73. The lowest BCUT2D eigenvalue weighted by atomic mass is 10.2. The molecule has 0 aliphatic rings. The van der Waals surface area contributed by atoms with E-state index < -0.39 is 0 Å². The van der Waals surface area contributed by atoms with Crippen molar-refractivity contribution in [2.75, 3.05) is 20.8 Å². The van der Waals surface area contributed by atoms with E-state index in [1.165, 1.54) is 13.3 Å². The number of carbonyl (C=O) groups is 1. The fraction of sp³-hybridized carbons (Fsp3) is 0.176. The molecule has 24 heavy (non-hydrogen) atoms. The van der Waals surface area contributed by atoms with E-state index in [0.717, 1.165) is 0 Å². The molecule has 126 valence electrons. The molecule has 2 aromatic rings. The number of ether oxygens (including phenoxy) is 3. The third kappa shape index (κ3) is 4.89. The lowest BCUT2D eigenvalue weighted by Gasteiger charge is -2.09. The quantitative estimate of drug-likeness (QED) is 0.617. The number of nitrogens with zero attached hydrogens (tertiary/aromatic N) is 1. The van der Waals surface area contributed by atoms with E-state index in [0.29, 0.717) is 27.8 Å². The third-order valence-electron chi connectivity index (χ3n) is 3.01. The minimum absolute atomic E-state index is 0.159. The number of nitrogens with one attached hydrogen (secondary N) is 1. The molecule has 0 heterocycles. The first kappa shape index (κ1) is 17.6. The second-order valence-corrected chi connectivity index (χ2v) is 5.05. The first-order valence-electron chi connectivity index (χ1n) is 7.05. The number of amides is 1. The molecule has 0 saturated carbocycles. The van der Waals surface area contributed by atoms with Crippen molar-refractivity contribution in [2.45, 2.75) is 0 Å². The molecule has 6 nitrogen and oxygen atoms in total. The molecular formula is C17H17ClN2O4. The maximum atomic E-state index is 11.7. The monoisotopic (exact) mass is 348 g/mol. The number of carbonyl (C=O) groups excluding carboxylic acids is 1. The van der Waals surface area contributed by atoms with Crippen molar-refractivity contribution >= 4 is 23.7 Å². The number of benzene rings is 2. The molecule has 0 aromatic heterocycles. The minimum Gasteiger partial charge on any atom is -0.493 e. The summed E-state index contributed by atoms with van der Waals surface area (Å²) in [6.07, 6.45) is 1.47. The zero-order chi connectivity index (χ0) is 17.4. The topological polar surface area (TPSA) is 69.2 Å². The SMILES string of the molecule is COc1cccc(C=NNC(=O)COc2ccc(Cl)cc2)c1OC. The normalized spacial score (nSPS) is 10.5. The molecule has 0 unspecified atom stereocenters. The largest absolute Gasteiger partial charge is 0.493 e. The number of hydrogen-bond donors (Lipinski definition) is 1. The highest BCUT2D eigenvalue weighted by atomic mass is 35.5. The predicted molar refractivity (Wildman–Crippen MR) is 92.2 cm³/mol. The summed E-state index contributed by atoms with van der Waals surface area (Å²) in [6, 6.07) is 12.1. The summed E-state index contributed by atoms with van der Waals surface area (Å²) in [5, 5.41) is 4.49. The molecule has 0 radical (unpaired) electrons. The van der Waals surface area contributed by atoms with Crippen LogP contribution in [-0.2, 0) is 4.79 Å². The van der Waals surface area contributed by atoms with Crippen LogP contribution in [0.25, 0.3) is 0 Å². The van der Waals surface area contributed by atoms with Gasteiger partial charge >= 0.3 is 0 Å². The van der Waals surface area contributed by atoms with E-state index in [1.54, 1.807) is 49.6 Å². The van der Waals surface area contributed by atoms with Crippen LogP contribution < -0.4 is 19.6 Å². The fourth-order valence-corrected chi connectivity index (χ4v) is 2.03. The lowest BCUT2D eigenvalue weighted by molar-refractivity contribution is -0.123. The van der Waals surface area contributed by atoms with Crippen molar-refractivity contribution in [2.24, 2.45) is 5.10 Å². The van der Waals surface area contributed by atoms with E-state index in [2.05, 4.69) is 10.5 Å². The van der Waals surface area contributed by atoms with Crippen LogP contribution in [0, 0.1) is 0 Å². The number of rotatable bonds is 7. The molecule has 0 atom stereocenters. The zero-order valence-electron chi connectivity index (χ0n) is 13.3. The molecule has 2 rings (SSSR count). The number of hydrazone groups is 1. The van der Waals surface area contributed by atoms with Crippen LogP contribution in [0.5, 0.6) is 17.2 Å². The Morgan fingerprint density at radius 3 is 2.58 bits per heavy atom. The first-order valence-corrected chi connectivity index (χ1v) is 7.43. The second kappa shape index (κ2) is 8.79.